The summed E-state index contributed by atoms with van der Waals surface area (Å²) in [6.07, 6.45) is -1.04. The van der Waals surface area contributed by atoms with Gasteiger partial charge in [-0.3, -0.25) is 9.59 Å². The van der Waals surface area contributed by atoms with E-state index >= 15 is 0 Å². The standard InChI is InChI=1S/C15H22N2O4/c1-10(2)17-14(19)9-16-15(20)13(18)8-11-5-4-6-12(7-11)21-3/h4-7,10,13,18H,8-9H2,1-3H3,(H,16,20)(H,17,19)/t13-/m0/s1. The molecule has 6 nitrogen and oxygen atoms in total. The van der Waals surface area contributed by atoms with E-state index in [9.17, 15) is 14.7 Å². The fourth-order valence-corrected chi connectivity index (χ4v) is 1.77. The molecule has 1 aromatic carbocycles. The zero-order chi connectivity index (χ0) is 15.8. The maximum absolute atomic E-state index is 11.7. The van der Waals surface area contributed by atoms with Gasteiger partial charge < -0.3 is 20.5 Å². The Kier molecular flexibility index (Phi) is 6.68. The van der Waals surface area contributed by atoms with Gasteiger partial charge in [-0.15, -0.1) is 0 Å². The molecule has 0 bridgehead atoms. The van der Waals surface area contributed by atoms with Crippen LogP contribution in [0, 0.1) is 0 Å². The lowest BCUT2D eigenvalue weighted by Gasteiger charge is -2.13. The molecule has 0 spiro atoms. The minimum atomic E-state index is -1.20. The highest BCUT2D eigenvalue weighted by atomic mass is 16.5. The minimum absolute atomic E-state index is 0.0103. The Hall–Kier alpha value is -2.08. The molecule has 1 aromatic rings. The Morgan fingerprint density at radius 2 is 2.05 bits per heavy atom. The first-order valence-electron chi connectivity index (χ1n) is 6.80. The van der Waals surface area contributed by atoms with Crippen LogP contribution in [0.4, 0.5) is 0 Å². The Morgan fingerprint density at radius 3 is 2.67 bits per heavy atom. The molecule has 0 heterocycles. The number of benzene rings is 1. The van der Waals surface area contributed by atoms with Crippen LogP contribution in [0.1, 0.15) is 19.4 Å². The predicted molar refractivity (Wildman–Crippen MR) is 79.0 cm³/mol. The lowest BCUT2D eigenvalue weighted by molar-refractivity contribution is -0.131. The van der Waals surface area contributed by atoms with Gasteiger partial charge in [0.05, 0.1) is 13.7 Å². The number of methoxy groups -OCH3 is 1. The molecule has 0 unspecified atom stereocenters. The number of amides is 2. The van der Waals surface area contributed by atoms with Gasteiger partial charge in [0.1, 0.15) is 11.9 Å². The van der Waals surface area contributed by atoms with Crippen molar-refractivity contribution in [2.24, 2.45) is 0 Å². The zero-order valence-corrected chi connectivity index (χ0v) is 12.6. The van der Waals surface area contributed by atoms with Crippen molar-refractivity contribution in [3.8, 4) is 5.75 Å². The van der Waals surface area contributed by atoms with Gasteiger partial charge in [0, 0.05) is 12.5 Å². The summed E-state index contributed by atoms with van der Waals surface area (Å²) in [7, 11) is 1.55. The third-order valence-corrected chi connectivity index (χ3v) is 2.74. The van der Waals surface area contributed by atoms with Crippen molar-refractivity contribution in [1.82, 2.24) is 10.6 Å². The average Bonchev–Trinajstić information content (AvgIpc) is 2.44. The summed E-state index contributed by atoms with van der Waals surface area (Å²) in [5.74, 6) is -0.194. The number of nitrogens with one attached hydrogen (secondary N) is 2. The van der Waals surface area contributed by atoms with Crippen molar-refractivity contribution in [1.29, 1.82) is 0 Å². The van der Waals surface area contributed by atoms with Gasteiger partial charge in [-0.25, -0.2) is 0 Å². The largest absolute Gasteiger partial charge is 0.497 e. The predicted octanol–water partition coefficient (Wildman–Crippen LogP) is 0.239. The van der Waals surface area contributed by atoms with Crippen molar-refractivity contribution in [3.05, 3.63) is 29.8 Å². The zero-order valence-electron chi connectivity index (χ0n) is 12.6. The third-order valence-electron chi connectivity index (χ3n) is 2.74. The second-order valence-electron chi connectivity index (χ2n) is 5.01. The van der Waals surface area contributed by atoms with Gasteiger partial charge in [-0.05, 0) is 31.5 Å². The fourth-order valence-electron chi connectivity index (χ4n) is 1.77. The molecule has 0 aliphatic rings. The summed E-state index contributed by atoms with van der Waals surface area (Å²) in [4.78, 5) is 23.1. The van der Waals surface area contributed by atoms with Crippen molar-refractivity contribution in [2.45, 2.75) is 32.4 Å². The molecule has 0 aliphatic carbocycles. The van der Waals surface area contributed by atoms with Crippen LogP contribution in [0.15, 0.2) is 24.3 Å². The van der Waals surface area contributed by atoms with E-state index in [-0.39, 0.29) is 24.9 Å². The van der Waals surface area contributed by atoms with Crippen LogP contribution in [0.2, 0.25) is 0 Å². The summed E-state index contributed by atoms with van der Waals surface area (Å²) < 4.78 is 5.08. The van der Waals surface area contributed by atoms with Crippen molar-refractivity contribution >= 4 is 11.8 Å². The van der Waals surface area contributed by atoms with E-state index in [2.05, 4.69) is 10.6 Å². The van der Waals surface area contributed by atoms with Gasteiger partial charge in [-0.1, -0.05) is 12.1 Å². The van der Waals surface area contributed by atoms with Crippen molar-refractivity contribution in [3.63, 3.8) is 0 Å². The van der Waals surface area contributed by atoms with Gasteiger partial charge in [0.2, 0.25) is 11.8 Å². The van der Waals surface area contributed by atoms with E-state index in [4.69, 9.17) is 4.74 Å². The number of carbonyl (C=O) groups excluding carboxylic acids is 2. The van der Waals surface area contributed by atoms with Crippen LogP contribution in [0.5, 0.6) is 5.75 Å². The highest BCUT2D eigenvalue weighted by Crippen LogP contribution is 2.14. The molecule has 0 aliphatic heterocycles. The van der Waals surface area contributed by atoms with Gasteiger partial charge >= 0.3 is 0 Å². The fraction of sp³-hybridized carbons (Fsp3) is 0.467. The second-order valence-corrected chi connectivity index (χ2v) is 5.01. The summed E-state index contributed by atoms with van der Waals surface area (Å²) in [6.45, 7) is 3.51. The summed E-state index contributed by atoms with van der Waals surface area (Å²) >= 11 is 0. The van der Waals surface area contributed by atoms with E-state index in [1.54, 1.807) is 31.4 Å². The summed E-state index contributed by atoms with van der Waals surface area (Å²) in [6, 6.07) is 7.13. The molecule has 0 saturated heterocycles. The minimum Gasteiger partial charge on any atom is -0.497 e. The molecule has 6 heteroatoms. The molecular weight excluding hydrogens is 272 g/mol. The highest BCUT2D eigenvalue weighted by Gasteiger charge is 2.16. The SMILES string of the molecule is COc1cccc(C[C@H](O)C(=O)NCC(=O)NC(C)C)c1. The summed E-state index contributed by atoms with van der Waals surface area (Å²) in [5, 5.41) is 14.9. The Morgan fingerprint density at radius 1 is 1.33 bits per heavy atom. The molecule has 0 aromatic heterocycles. The van der Waals surface area contributed by atoms with E-state index in [1.807, 2.05) is 13.8 Å². The van der Waals surface area contributed by atoms with E-state index in [0.717, 1.165) is 5.56 Å². The molecule has 116 valence electrons. The van der Waals surface area contributed by atoms with Crippen LogP contribution in [-0.2, 0) is 16.0 Å². The second kappa shape index (κ2) is 8.26. The van der Waals surface area contributed by atoms with E-state index in [0.29, 0.717) is 5.75 Å². The topological polar surface area (TPSA) is 87.7 Å². The van der Waals surface area contributed by atoms with Crippen LogP contribution in [0.3, 0.4) is 0 Å². The Balaban J connectivity index is 2.45. The van der Waals surface area contributed by atoms with Gasteiger partial charge in [-0.2, -0.15) is 0 Å². The van der Waals surface area contributed by atoms with Crippen molar-refractivity contribution in [2.75, 3.05) is 13.7 Å². The molecule has 3 N–H and O–H groups in total. The number of aliphatic hydroxyl groups excluding tert-OH is 1. The third kappa shape index (κ3) is 6.27. The molecule has 2 amide bonds. The quantitative estimate of drug-likeness (QED) is 0.672. The first-order chi connectivity index (χ1) is 9.92. The summed E-state index contributed by atoms with van der Waals surface area (Å²) in [5.41, 5.74) is 0.781. The number of carbonyl (C=O) groups is 2. The maximum Gasteiger partial charge on any atom is 0.249 e. The Bertz CT molecular complexity index is 488. The average molecular weight is 294 g/mol. The maximum atomic E-state index is 11.7. The molecule has 1 rings (SSSR count). The normalized spacial score (nSPS) is 11.9. The van der Waals surface area contributed by atoms with Crippen LogP contribution in [-0.4, -0.2) is 42.7 Å². The smallest absolute Gasteiger partial charge is 0.249 e. The van der Waals surface area contributed by atoms with Crippen LogP contribution in [0.25, 0.3) is 0 Å². The molecule has 0 radical (unpaired) electrons. The van der Waals surface area contributed by atoms with E-state index in [1.165, 1.54) is 0 Å². The Labute approximate surface area is 124 Å². The molecule has 0 fully saturated rings. The van der Waals surface area contributed by atoms with Crippen molar-refractivity contribution < 1.29 is 19.4 Å². The molecule has 1 atom stereocenters. The molecule has 21 heavy (non-hydrogen) atoms. The number of ether oxygens (including phenoxy) is 1. The van der Waals surface area contributed by atoms with Crippen LogP contribution < -0.4 is 15.4 Å². The highest BCUT2D eigenvalue weighted by molar-refractivity contribution is 5.86. The number of hydrogen-bond acceptors (Lipinski definition) is 4. The molecule has 0 saturated carbocycles. The lowest BCUT2D eigenvalue weighted by Crippen LogP contribution is -2.43. The number of rotatable bonds is 7. The molecular formula is C15H22N2O4. The number of hydrogen-bond donors (Lipinski definition) is 3. The first kappa shape index (κ1) is 17.0. The monoisotopic (exact) mass is 294 g/mol. The first-order valence-corrected chi connectivity index (χ1v) is 6.80. The van der Waals surface area contributed by atoms with E-state index < -0.39 is 12.0 Å². The number of aliphatic hydroxyl groups is 1. The van der Waals surface area contributed by atoms with Gasteiger partial charge in [0.15, 0.2) is 0 Å². The van der Waals surface area contributed by atoms with Gasteiger partial charge in [0.25, 0.3) is 0 Å². The lowest BCUT2D eigenvalue weighted by atomic mass is 10.1. The van der Waals surface area contributed by atoms with Crippen LogP contribution >= 0.6 is 0 Å².